The van der Waals surface area contributed by atoms with E-state index in [0.717, 1.165) is 32.6 Å². The van der Waals surface area contributed by atoms with E-state index in [1.807, 2.05) is 41.8 Å². The lowest BCUT2D eigenvalue weighted by atomic mass is 10.0. The molecule has 0 atom stereocenters. The molecule has 156 valence electrons. The molecular formula is C23H24N2O4S. The summed E-state index contributed by atoms with van der Waals surface area (Å²) >= 11 is 1.55. The maximum absolute atomic E-state index is 12.2. The molecule has 0 aliphatic carbocycles. The highest BCUT2D eigenvalue weighted by Gasteiger charge is 2.18. The number of thiophene rings is 1. The molecule has 2 aromatic heterocycles. The van der Waals surface area contributed by atoms with Crippen LogP contribution in [0.4, 0.5) is 0 Å². The zero-order valence-corrected chi connectivity index (χ0v) is 18.2. The number of aromatic nitrogens is 1. The van der Waals surface area contributed by atoms with Gasteiger partial charge in [-0.05, 0) is 29.8 Å². The molecule has 0 saturated carbocycles. The largest absolute Gasteiger partial charge is 0.503 e. The number of pyridine rings is 1. The van der Waals surface area contributed by atoms with Gasteiger partial charge in [0.2, 0.25) is 0 Å². The summed E-state index contributed by atoms with van der Waals surface area (Å²) in [6.45, 7) is 4.41. The zero-order chi connectivity index (χ0) is 21.5. The maximum Gasteiger partial charge on any atom is 0.341 e. The van der Waals surface area contributed by atoms with Crippen LogP contribution >= 0.6 is 11.3 Å². The van der Waals surface area contributed by atoms with Gasteiger partial charge >= 0.3 is 5.97 Å². The number of nitrogens with zero attached hydrogens (tertiary/aromatic N) is 2. The second-order valence-electron chi connectivity index (χ2n) is 6.86. The summed E-state index contributed by atoms with van der Waals surface area (Å²) in [6, 6.07) is 11.7. The predicted octanol–water partition coefficient (Wildman–Crippen LogP) is 5.03. The third kappa shape index (κ3) is 4.86. The lowest BCUT2D eigenvalue weighted by Crippen LogP contribution is -2.11. The number of hydrogen-bond donors (Lipinski definition) is 0. The Kier molecular flexibility index (Phi) is 7.19. The van der Waals surface area contributed by atoms with E-state index in [9.17, 15) is 4.79 Å². The molecule has 3 aromatic rings. The van der Waals surface area contributed by atoms with Gasteiger partial charge < -0.3 is 14.3 Å². The fraction of sp³-hybridized carbons (Fsp3) is 0.261. The normalized spacial score (nSPS) is 12.3. The summed E-state index contributed by atoms with van der Waals surface area (Å²) in [5.74, 6) is -0.271. The van der Waals surface area contributed by atoms with Crippen LogP contribution in [-0.4, -0.2) is 30.9 Å². The Bertz CT molecular complexity index is 1070. The molecule has 0 N–H and O–H groups in total. The molecule has 0 saturated heterocycles. The third-order valence-electron chi connectivity index (χ3n) is 4.44. The highest BCUT2D eigenvalue weighted by atomic mass is 32.1. The van der Waals surface area contributed by atoms with E-state index < -0.39 is 5.97 Å². The number of carbonyl (C=O) groups is 1. The highest BCUT2D eigenvalue weighted by molar-refractivity contribution is 7.17. The molecule has 30 heavy (non-hydrogen) atoms. The monoisotopic (exact) mass is 424 g/mol. The topological polar surface area (TPSA) is 70.0 Å². The van der Waals surface area contributed by atoms with E-state index in [4.69, 9.17) is 14.3 Å². The van der Waals surface area contributed by atoms with Crippen molar-refractivity contribution >= 4 is 38.7 Å². The van der Waals surface area contributed by atoms with Crippen LogP contribution in [0.3, 0.4) is 0 Å². The molecule has 3 rings (SSSR count). The van der Waals surface area contributed by atoms with Crippen molar-refractivity contribution < 1.29 is 19.1 Å². The Morgan fingerprint density at radius 3 is 2.73 bits per heavy atom. The molecule has 2 heterocycles. The molecule has 1 aromatic carbocycles. The average Bonchev–Trinajstić information content (AvgIpc) is 3.17. The minimum absolute atomic E-state index is 0.174. The average molecular weight is 425 g/mol. The standard InChI is InChI=1S/C23H24N2O4S/c1-15(2)22(20-7-5-6-10-24-20)25-29-12-16-8-9-21-17(11-16)19(14-30-21)18(13-27-3)23(26)28-4/h5-11,13-15H,12H2,1-4H3. The second-order valence-corrected chi connectivity index (χ2v) is 7.77. The minimum Gasteiger partial charge on any atom is -0.503 e. The van der Waals surface area contributed by atoms with Crippen molar-refractivity contribution in [3.8, 4) is 0 Å². The van der Waals surface area contributed by atoms with E-state index >= 15 is 0 Å². The minimum atomic E-state index is -0.445. The first-order valence-electron chi connectivity index (χ1n) is 9.48. The van der Waals surface area contributed by atoms with E-state index in [1.54, 1.807) is 17.5 Å². The van der Waals surface area contributed by atoms with Gasteiger partial charge in [-0.2, -0.15) is 0 Å². The molecule has 6 nitrogen and oxygen atoms in total. The molecule has 0 bridgehead atoms. The Morgan fingerprint density at radius 1 is 1.23 bits per heavy atom. The molecule has 0 aliphatic rings. The number of methoxy groups -OCH3 is 2. The van der Waals surface area contributed by atoms with Crippen LogP contribution in [0.2, 0.25) is 0 Å². The van der Waals surface area contributed by atoms with Crippen LogP contribution in [0.15, 0.2) is 59.4 Å². The number of hydrogen-bond acceptors (Lipinski definition) is 7. The second kappa shape index (κ2) is 10.0. The molecule has 0 aliphatic heterocycles. The van der Waals surface area contributed by atoms with Crippen LogP contribution in [-0.2, 0) is 25.7 Å². The van der Waals surface area contributed by atoms with Gasteiger partial charge in [-0.3, -0.25) is 4.98 Å². The molecule has 0 spiro atoms. The van der Waals surface area contributed by atoms with Gasteiger partial charge in [0.25, 0.3) is 0 Å². The van der Waals surface area contributed by atoms with Gasteiger partial charge in [0.1, 0.15) is 17.9 Å². The lowest BCUT2D eigenvalue weighted by Gasteiger charge is -2.09. The van der Waals surface area contributed by atoms with Crippen LogP contribution in [0.5, 0.6) is 0 Å². The van der Waals surface area contributed by atoms with Gasteiger partial charge in [-0.25, -0.2) is 4.79 Å². The SMILES string of the molecule is COC=C(C(=O)OC)c1csc2ccc(CON=C(c3ccccn3)C(C)C)cc12. The summed E-state index contributed by atoms with van der Waals surface area (Å²) in [4.78, 5) is 22.2. The van der Waals surface area contributed by atoms with Crippen LogP contribution in [0, 0.1) is 5.92 Å². The van der Waals surface area contributed by atoms with E-state index in [0.29, 0.717) is 12.2 Å². The van der Waals surface area contributed by atoms with Crippen molar-refractivity contribution in [2.75, 3.05) is 14.2 Å². The van der Waals surface area contributed by atoms with Crippen molar-refractivity contribution in [3.63, 3.8) is 0 Å². The van der Waals surface area contributed by atoms with Crippen molar-refractivity contribution in [1.82, 2.24) is 4.98 Å². The predicted molar refractivity (Wildman–Crippen MR) is 119 cm³/mol. The molecular weight excluding hydrogens is 400 g/mol. The van der Waals surface area contributed by atoms with Gasteiger partial charge in [-0.1, -0.05) is 31.1 Å². The molecule has 0 unspecified atom stereocenters. The van der Waals surface area contributed by atoms with Gasteiger partial charge in [0.05, 0.1) is 26.2 Å². The fourth-order valence-electron chi connectivity index (χ4n) is 2.96. The van der Waals surface area contributed by atoms with E-state index in [1.165, 1.54) is 20.5 Å². The summed E-state index contributed by atoms with van der Waals surface area (Å²) in [5.41, 5.74) is 3.68. The van der Waals surface area contributed by atoms with Crippen molar-refractivity contribution in [2.24, 2.45) is 11.1 Å². The summed E-state index contributed by atoms with van der Waals surface area (Å²) in [5, 5.41) is 7.20. The van der Waals surface area contributed by atoms with E-state index in [-0.39, 0.29) is 5.92 Å². The lowest BCUT2D eigenvalue weighted by molar-refractivity contribution is -0.133. The summed E-state index contributed by atoms with van der Waals surface area (Å²) in [7, 11) is 2.86. The van der Waals surface area contributed by atoms with Crippen molar-refractivity contribution in [2.45, 2.75) is 20.5 Å². The number of esters is 1. The number of rotatable bonds is 8. The number of ether oxygens (including phenoxy) is 2. The first-order valence-corrected chi connectivity index (χ1v) is 10.4. The maximum atomic E-state index is 12.2. The Labute approximate surface area is 179 Å². The van der Waals surface area contributed by atoms with Crippen LogP contribution in [0.1, 0.15) is 30.7 Å². The number of oxime groups is 1. The first-order chi connectivity index (χ1) is 14.5. The first kappa shape index (κ1) is 21.5. The highest BCUT2D eigenvalue weighted by Crippen LogP contribution is 2.32. The fourth-order valence-corrected chi connectivity index (χ4v) is 3.90. The third-order valence-corrected chi connectivity index (χ3v) is 5.40. The smallest absolute Gasteiger partial charge is 0.341 e. The van der Waals surface area contributed by atoms with Crippen LogP contribution in [0.25, 0.3) is 15.7 Å². The summed E-state index contributed by atoms with van der Waals surface area (Å²) < 4.78 is 11.0. The van der Waals surface area contributed by atoms with Crippen molar-refractivity contribution in [1.29, 1.82) is 0 Å². The van der Waals surface area contributed by atoms with Crippen molar-refractivity contribution in [3.05, 3.63) is 71.1 Å². The zero-order valence-electron chi connectivity index (χ0n) is 17.4. The van der Waals surface area contributed by atoms with Crippen LogP contribution < -0.4 is 0 Å². The quantitative estimate of drug-likeness (QED) is 0.167. The molecule has 7 heteroatoms. The summed E-state index contributed by atoms with van der Waals surface area (Å²) in [6.07, 6.45) is 3.15. The Balaban J connectivity index is 1.85. The molecule has 0 fully saturated rings. The number of benzene rings is 1. The Hall–Kier alpha value is -3.19. The number of carbonyl (C=O) groups excluding carboxylic acids is 1. The van der Waals surface area contributed by atoms with E-state index in [2.05, 4.69) is 24.0 Å². The molecule has 0 amide bonds. The Morgan fingerprint density at radius 2 is 2.07 bits per heavy atom. The van der Waals surface area contributed by atoms with Gasteiger partial charge in [0, 0.05) is 33.1 Å². The number of fused-ring (bicyclic) bond motifs is 1. The van der Waals surface area contributed by atoms with Gasteiger partial charge in [0.15, 0.2) is 0 Å². The van der Waals surface area contributed by atoms with Gasteiger partial charge in [-0.15, -0.1) is 11.3 Å². The molecule has 0 radical (unpaired) electrons.